The lowest BCUT2D eigenvalue weighted by Crippen LogP contribution is -2.09. The van der Waals surface area contributed by atoms with Gasteiger partial charge >= 0.3 is 0 Å². The number of ether oxygens (including phenoxy) is 2. The van der Waals surface area contributed by atoms with Crippen LogP contribution in [0.5, 0.6) is 11.5 Å². The van der Waals surface area contributed by atoms with Crippen LogP contribution in [0.4, 0.5) is 0 Å². The smallest absolute Gasteiger partial charge is 0.231 e. The van der Waals surface area contributed by atoms with Gasteiger partial charge in [0.2, 0.25) is 6.79 Å². The lowest BCUT2D eigenvalue weighted by molar-refractivity contribution is 0.174. The van der Waals surface area contributed by atoms with Crippen molar-refractivity contribution in [1.82, 2.24) is 14.8 Å². The number of aromatic nitrogens is 3. The van der Waals surface area contributed by atoms with E-state index in [0.29, 0.717) is 6.79 Å². The minimum atomic E-state index is 0.293. The molecule has 1 aliphatic heterocycles. The van der Waals surface area contributed by atoms with Crippen molar-refractivity contribution < 1.29 is 9.47 Å². The van der Waals surface area contributed by atoms with E-state index in [4.69, 9.17) is 9.47 Å². The lowest BCUT2D eigenvalue weighted by atomic mass is 9.91. The van der Waals surface area contributed by atoms with Gasteiger partial charge in [-0.3, -0.25) is 0 Å². The van der Waals surface area contributed by atoms with E-state index in [1.807, 2.05) is 30.0 Å². The van der Waals surface area contributed by atoms with E-state index in [0.717, 1.165) is 46.3 Å². The molecule has 0 amide bonds. The molecule has 1 saturated carbocycles. The van der Waals surface area contributed by atoms with Gasteiger partial charge in [0, 0.05) is 17.9 Å². The quantitative estimate of drug-likeness (QED) is 0.753. The Balaban J connectivity index is 1.53. The maximum absolute atomic E-state index is 5.48. The second kappa shape index (κ2) is 7.05. The van der Waals surface area contributed by atoms with Gasteiger partial charge in [-0.25, -0.2) is 0 Å². The summed E-state index contributed by atoms with van der Waals surface area (Å²) in [6, 6.07) is 5.97. The fourth-order valence-electron chi connectivity index (χ4n) is 3.48. The summed E-state index contributed by atoms with van der Waals surface area (Å²) in [7, 11) is 0. The molecule has 128 valence electrons. The van der Waals surface area contributed by atoms with Crippen molar-refractivity contribution in [1.29, 1.82) is 0 Å². The number of fused-ring (bicyclic) bond motifs is 1. The Morgan fingerprint density at radius 2 is 1.96 bits per heavy atom. The first-order chi connectivity index (χ1) is 11.8. The maximum atomic E-state index is 5.48. The topological polar surface area (TPSA) is 49.2 Å². The molecule has 2 heterocycles. The number of hydrogen-bond donors (Lipinski definition) is 0. The van der Waals surface area contributed by atoms with Crippen LogP contribution in [0.1, 0.15) is 39.0 Å². The fourth-order valence-corrected chi connectivity index (χ4v) is 4.66. The van der Waals surface area contributed by atoms with Crippen molar-refractivity contribution in [2.45, 2.75) is 50.7 Å². The minimum Gasteiger partial charge on any atom is -0.454 e. The Labute approximate surface area is 146 Å². The summed E-state index contributed by atoms with van der Waals surface area (Å²) in [5.41, 5.74) is 1.03. The maximum Gasteiger partial charge on any atom is 0.231 e. The van der Waals surface area contributed by atoms with E-state index < -0.39 is 0 Å². The highest BCUT2D eigenvalue weighted by atomic mass is 32.2. The van der Waals surface area contributed by atoms with E-state index in [1.165, 1.54) is 32.1 Å². The van der Waals surface area contributed by atoms with Gasteiger partial charge in [0.05, 0.1) is 0 Å². The van der Waals surface area contributed by atoms with Gasteiger partial charge in [-0.15, -0.1) is 10.2 Å². The number of rotatable bonds is 5. The Bertz CT molecular complexity index is 710. The zero-order valence-corrected chi connectivity index (χ0v) is 14.8. The van der Waals surface area contributed by atoms with Gasteiger partial charge in [0.25, 0.3) is 0 Å². The van der Waals surface area contributed by atoms with Gasteiger partial charge in [0.15, 0.2) is 22.5 Å². The van der Waals surface area contributed by atoms with E-state index in [-0.39, 0.29) is 0 Å². The zero-order valence-electron chi connectivity index (χ0n) is 14.0. The molecule has 0 bridgehead atoms. The monoisotopic (exact) mass is 345 g/mol. The van der Waals surface area contributed by atoms with Gasteiger partial charge in [-0.1, -0.05) is 31.0 Å². The first-order valence-electron chi connectivity index (χ1n) is 8.81. The van der Waals surface area contributed by atoms with Crippen LogP contribution in [-0.4, -0.2) is 27.3 Å². The second-order valence-electron chi connectivity index (χ2n) is 6.43. The Hall–Kier alpha value is -1.69. The average Bonchev–Trinajstić information content (AvgIpc) is 3.26. The molecule has 2 aliphatic rings. The Kier molecular flexibility index (Phi) is 4.65. The van der Waals surface area contributed by atoms with E-state index in [9.17, 15) is 0 Å². The zero-order chi connectivity index (χ0) is 16.4. The highest BCUT2D eigenvalue weighted by molar-refractivity contribution is 7.99. The third-order valence-corrected chi connectivity index (χ3v) is 6.04. The van der Waals surface area contributed by atoms with Crippen molar-refractivity contribution in [2.24, 2.45) is 5.92 Å². The molecular weight excluding hydrogens is 322 g/mol. The molecule has 1 aromatic heterocycles. The van der Waals surface area contributed by atoms with Crippen LogP contribution in [-0.2, 0) is 6.54 Å². The standard InChI is InChI=1S/C18H23N3O2S/c1-2-21-17(14-8-9-15-16(10-14)23-12-22-15)19-20-18(21)24-11-13-6-4-3-5-7-13/h8-10,13H,2-7,11-12H2,1H3. The molecule has 6 heteroatoms. The summed E-state index contributed by atoms with van der Waals surface area (Å²) in [6.45, 7) is 3.30. The summed E-state index contributed by atoms with van der Waals surface area (Å²) in [4.78, 5) is 0. The molecule has 1 aromatic carbocycles. The summed E-state index contributed by atoms with van der Waals surface area (Å²) in [5, 5.41) is 9.91. The summed E-state index contributed by atoms with van der Waals surface area (Å²) >= 11 is 1.85. The molecule has 5 nitrogen and oxygen atoms in total. The van der Waals surface area contributed by atoms with E-state index in [2.05, 4.69) is 21.7 Å². The summed E-state index contributed by atoms with van der Waals surface area (Å²) < 4.78 is 13.1. The van der Waals surface area contributed by atoms with Gasteiger partial charge in [-0.2, -0.15) is 0 Å². The molecule has 1 fully saturated rings. The third-order valence-electron chi connectivity index (χ3n) is 4.84. The first-order valence-corrected chi connectivity index (χ1v) is 9.79. The van der Waals surface area contributed by atoms with Crippen LogP contribution in [0.2, 0.25) is 0 Å². The highest BCUT2D eigenvalue weighted by Gasteiger charge is 2.20. The molecule has 0 unspecified atom stereocenters. The highest BCUT2D eigenvalue weighted by Crippen LogP contribution is 2.36. The first kappa shape index (κ1) is 15.8. The van der Waals surface area contributed by atoms with Gasteiger partial charge in [0.1, 0.15) is 0 Å². The minimum absolute atomic E-state index is 0.293. The predicted molar refractivity (Wildman–Crippen MR) is 94.6 cm³/mol. The van der Waals surface area contributed by atoms with Crippen LogP contribution < -0.4 is 9.47 Å². The number of nitrogens with zero attached hydrogens (tertiary/aromatic N) is 3. The van der Waals surface area contributed by atoms with Crippen LogP contribution in [0, 0.1) is 5.92 Å². The molecule has 0 atom stereocenters. The summed E-state index contributed by atoms with van der Waals surface area (Å²) in [6.07, 6.45) is 6.90. The molecule has 1 aliphatic carbocycles. The normalized spacial score (nSPS) is 17.4. The number of benzene rings is 1. The average molecular weight is 345 g/mol. The van der Waals surface area contributed by atoms with Crippen molar-refractivity contribution in [3.8, 4) is 22.9 Å². The van der Waals surface area contributed by atoms with Crippen LogP contribution >= 0.6 is 11.8 Å². The van der Waals surface area contributed by atoms with E-state index in [1.54, 1.807) is 0 Å². The SMILES string of the molecule is CCn1c(SCC2CCCCC2)nnc1-c1ccc2c(c1)OCO2. The van der Waals surface area contributed by atoms with Gasteiger partial charge in [-0.05, 0) is 43.9 Å². The van der Waals surface area contributed by atoms with Crippen molar-refractivity contribution >= 4 is 11.8 Å². The van der Waals surface area contributed by atoms with Crippen molar-refractivity contribution in [3.05, 3.63) is 18.2 Å². The molecule has 0 saturated heterocycles. The molecule has 4 rings (SSSR count). The van der Waals surface area contributed by atoms with Crippen LogP contribution in [0.25, 0.3) is 11.4 Å². The molecule has 2 aromatic rings. The molecule has 0 radical (unpaired) electrons. The molecule has 24 heavy (non-hydrogen) atoms. The molecule has 0 N–H and O–H groups in total. The third kappa shape index (κ3) is 3.11. The Morgan fingerprint density at radius 3 is 2.79 bits per heavy atom. The van der Waals surface area contributed by atoms with Gasteiger partial charge < -0.3 is 14.0 Å². The predicted octanol–water partition coefficient (Wildman–Crippen LogP) is 4.37. The van der Waals surface area contributed by atoms with E-state index >= 15 is 0 Å². The van der Waals surface area contributed by atoms with Crippen LogP contribution in [0.15, 0.2) is 23.4 Å². The largest absolute Gasteiger partial charge is 0.454 e. The van der Waals surface area contributed by atoms with Crippen molar-refractivity contribution in [2.75, 3.05) is 12.5 Å². The second-order valence-corrected chi connectivity index (χ2v) is 7.42. The lowest BCUT2D eigenvalue weighted by Gasteiger charge is -2.20. The Morgan fingerprint density at radius 1 is 1.12 bits per heavy atom. The van der Waals surface area contributed by atoms with Crippen LogP contribution in [0.3, 0.4) is 0 Å². The fraction of sp³-hybridized carbons (Fsp3) is 0.556. The number of thioether (sulfide) groups is 1. The summed E-state index contributed by atoms with van der Waals surface area (Å²) in [5.74, 6) is 4.48. The molecule has 0 spiro atoms. The molecular formula is C18H23N3O2S. The number of hydrogen-bond acceptors (Lipinski definition) is 5. The van der Waals surface area contributed by atoms with Crippen molar-refractivity contribution in [3.63, 3.8) is 0 Å².